The third-order valence-electron chi connectivity index (χ3n) is 11.8. The lowest BCUT2D eigenvalue weighted by atomic mass is 9.94. The van der Waals surface area contributed by atoms with Gasteiger partial charge in [0.15, 0.2) is 0 Å². The lowest BCUT2D eigenvalue weighted by molar-refractivity contribution is 1.29. The molecule has 1 nitrogen and oxygen atoms in total. The Morgan fingerprint density at radius 2 is 0.661 bits per heavy atom. The Morgan fingerprint density at radius 1 is 0.203 bits per heavy atom. The highest BCUT2D eigenvalue weighted by atomic mass is 15.1. The van der Waals surface area contributed by atoms with Crippen LogP contribution in [0.3, 0.4) is 0 Å². The Labute approximate surface area is 344 Å². The molecule has 11 aromatic rings. The van der Waals surface area contributed by atoms with Gasteiger partial charge in [-0.1, -0.05) is 182 Å². The van der Waals surface area contributed by atoms with Gasteiger partial charge in [-0.25, -0.2) is 0 Å². The minimum absolute atomic E-state index is 1.10. The van der Waals surface area contributed by atoms with E-state index >= 15 is 0 Å². The first-order valence-electron chi connectivity index (χ1n) is 20.3. The Bertz CT molecular complexity index is 3310. The minimum atomic E-state index is 1.10. The fourth-order valence-electron chi connectivity index (χ4n) is 8.76. The molecule has 0 N–H and O–H groups in total. The monoisotopic (exact) mass is 749 g/mol. The highest BCUT2D eigenvalue weighted by Crippen LogP contribution is 2.40. The number of hydrogen-bond donors (Lipinski definition) is 0. The zero-order valence-corrected chi connectivity index (χ0v) is 32.5. The molecule has 0 spiro atoms. The summed E-state index contributed by atoms with van der Waals surface area (Å²) in [5.74, 6) is 0. The first-order valence-corrected chi connectivity index (χ1v) is 20.3. The minimum Gasteiger partial charge on any atom is -0.310 e. The molecule has 59 heavy (non-hydrogen) atoms. The van der Waals surface area contributed by atoms with Gasteiger partial charge in [-0.05, 0) is 142 Å². The van der Waals surface area contributed by atoms with Crippen LogP contribution in [0.2, 0.25) is 0 Å². The van der Waals surface area contributed by atoms with Crippen LogP contribution in [0.4, 0.5) is 17.1 Å². The summed E-state index contributed by atoms with van der Waals surface area (Å²) in [6.07, 6.45) is 0. The van der Waals surface area contributed by atoms with Crippen molar-refractivity contribution in [2.75, 3.05) is 4.90 Å². The van der Waals surface area contributed by atoms with Gasteiger partial charge in [-0.15, -0.1) is 0 Å². The maximum atomic E-state index is 2.38. The van der Waals surface area contributed by atoms with Crippen molar-refractivity contribution in [1.82, 2.24) is 0 Å². The van der Waals surface area contributed by atoms with Crippen LogP contribution in [0.1, 0.15) is 0 Å². The molecule has 0 atom stereocenters. The van der Waals surface area contributed by atoms with E-state index in [1.807, 2.05) is 0 Å². The standard InChI is InChI=1S/C58H39N/c1-2-10-40(11-3-1)48-22-23-51-39-54(34-28-50(51)38-48)59(53-32-26-44(27-33-53)56-18-9-19-57-55-17-7-6-13-43(55)29-35-58(56)57)52-30-24-42(25-31-52)46-15-8-16-47(36-46)49-21-20-41-12-4-5-14-45(41)37-49/h1-39H. The van der Waals surface area contributed by atoms with Crippen molar-refractivity contribution >= 4 is 60.2 Å². The van der Waals surface area contributed by atoms with Crippen LogP contribution >= 0.6 is 0 Å². The fraction of sp³-hybridized carbons (Fsp3) is 0. The van der Waals surface area contributed by atoms with Crippen molar-refractivity contribution in [2.45, 2.75) is 0 Å². The molecule has 0 fully saturated rings. The van der Waals surface area contributed by atoms with Crippen molar-refractivity contribution in [3.8, 4) is 44.5 Å². The summed E-state index contributed by atoms with van der Waals surface area (Å²) in [7, 11) is 0. The van der Waals surface area contributed by atoms with Gasteiger partial charge in [-0.2, -0.15) is 0 Å². The Balaban J connectivity index is 0.976. The van der Waals surface area contributed by atoms with Crippen molar-refractivity contribution in [2.24, 2.45) is 0 Å². The van der Waals surface area contributed by atoms with Crippen LogP contribution in [0.5, 0.6) is 0 Å². The molecule has 11 rings (SSSR count). The molecule has 0 heterocycles. The maximum Gasteiger partial charge on any atom is 0.0468 e. The van der Waals surface area contributed by atoms with Crippen molar-refractivity contribution in [3.05, 3.63) is 237 Å². The first-order chi connectivity index (χ1) is 29.2. The zero-order valence-electron chi connectivity index (χ0n) is 32.5. The molecule has 0 radical (unpaired) electrons. The van der Waals surface area contributed by atoms with E-state index < -0.39 is 0 Å². The molecule has 276 valence electrons. The van der Waals surface area contributed by atoms with Crippen molar-refractivity contribution < 1.29 is 0 Å². The van der Waals surface area contributed by atoms with Gasteiger partial charge in [0.05, 0.1) is 0 Å². The summed E-state index contributed by atoms with van der Waals surface area (Å²) in [5.41, 5.74) is 13.0. The number of nitrogens with zero attached hydrogens (tertiary/aromatic N) is 1. The smallest absolute Gasteiger partial charge is 0.0468 e. The second kappa shape index (κ2) is 14.6. The Morgan fingerprint density at radius 3 is 1.44 bits per heavy atom. The molecule has 0 aliphatic rings. The first kappa shape index (κ1) is 34.5. The van der Waals surface area contributed by atoms with E-state index in [1.165, 1.54) is 87.6 Å². The quantitative estimate of drug-likeness (QED) is 0.147. The lowest BCUT2D eigenvalue weighted by Crippen LogP contribution is -2.09. The fourth-order valence-corrected chi connectivity index (χ4v) is 8.76. The van der Waals surface area contributed by atoms with Gasteiger partial charge in [0, 0.05) is 17.1 Å². The van der Waals surface area contributed by atoms with Crippen LogP contribution < -0.4 is 4.90 Å². The molecule has 11 aromatic carbocycles. The van der Waals surface area contributed by atoms with Gasteiger partial charge in [0.2, 0.25) is 0 Å². The highest BCUT2D eigenvalue weighted by molar-refractivity contribution is 6.12. The number of anilines is 3. The second-order valence-electron chi connectivity index (χ2n) is 15.4. The highest BCUT2D eigenvalue weighted by Gasteiger charge is 2.16. The molecule has 0 unspecified atom stereocenters. The maximum absolute atomic E-state index is 2.38. The van der Waals surface area contributed by atoms with Crippen molar-refractivity contribution in [3.63, 3.8) is 0 Å². The zero-order chi connectivity index (χ0) is 39.1. The lowest BCUT2D eigenvalue weighted by Gasteiger charge is -2.26. The van der Waals surface area contributed by atoms with E-state index in [0.29, 0.717) is 0 Å². The van der Waals surface area contributed by atoms with Crippen LogP contribution in [0.15, 0.2) is 237 Å². The molecular weight excluding hydrogens is 711 g/mol. The van der Waals surface area contributed by atoms with Gasteiger partial charge in [0.25, 0.3) is 0 Å². The molecule has 0 saturated heterocycles. The number of rotatable bonds is 7. The van der Waals surface area contributed by atoms with Gasteiger partial charge < -0.3 is 4.90 Å². The summed E-state index contributed by atoms with van der Waals surface area (Å²) >= 11 is 0. The summed E-state index contributed by atoms with van der Waals surface area (Å²) in [5, 5.41) is 10.0. The topological polar surface area (TPSA) is 3.24 Å². The molecule has 0 bridgehead atoms. The van der Waals surface area contributed by atoms with E-state index in [2.05, 4.69) is 241 Å². The third-order valence-corrected chi connectivity index (χ3v) is 11.8. The predicted molar refractivity (Wildman–Crippen MR) is 253 cm³/mol. The van der Waals surface area contributed by atoms with Crippen molar-refractivity contribution in [1.29, 1.82) is 0 Å². The van der Waals surface area contributed by atoms with E-state index in [9.17, 15) is 0 Å². The molecule has 1 heteroatoms. The van der Waals surface area contributed by atoms with Crippen LogP contribution in [0.25, 0.3) is 87.6 Å². The second-order valence-corrected chi connectivity index (χ2v) is 15.4. The molecule has 0 aromatic heterocycles. The van der Waals surface area contributed by atoms with Crippen LogP contribution in [-0.4, -0.2) is 0 Å². The van der Waals surface area contributed by atoms with Gasteiger partial charge in [-0.3, -0.25) is 0 Å². The van der Waals surface area contributed by atoms with Gasteiger partial charge in [0.1, 0.15) is 0 Å². The average molecular weight is 750 g/mol. The Hall–Kier alpha value is -7.74. The number of benzene rings is 11. The molecule has 0 amide bonds. The average Bonchev–Trinajstić information content (AvgIpc) is 3.32. The van der Waals surface area contributed by atoms with Crippen LogP contribution in [0, 0.1) is 0 Å². The molecule has 0 aliphatic heterocycles. The number of hydrogen-bond acceptors (Lipinski definition) is 1. The summed E-state index contributed by atoms with van der Waals surface area (Å²) in [6.45, 7) is 0. The normalized spacial score (nSPS) is 11.4. The van der Waals surface area contributed by atoms with E-state index in [0.717, 1.165) is 17.1 Å². The SMILES string of the molecule is c1ccc(-c2ccc3cc(N(c4ccc(-c5cccc(-c6ccc7ccccc7c6)c5)cc4)c4ccc(-c5cccc6c5ccc5ccccc56)cc4)ccc3c2)cc1. The summed E-state index contributed by atoms with van der Waals surface area (Å²) in [6, 6.07) is 86.3. The summed E-state index contributed by atoms with van der Waals surface area (Å²) in [4.78, 5) is 2.38. The summed E-state index contributed by atoms with van der Waals surface area (Å²) < 4.78 is 0. The number of fused-ring (bicyclic) bond motifs is 5. The van der Waals surface area contributed by atoms with Gasteiger partial charge >= 0.3 is 0 Å². The van der Waals surface area contributed by atoms with Crippen LogP contribution in [-0.2, 0) is 0 Å². The van der Waals surface area contributed by atoms with E-state index in [4.69, 9.17) is 0 Å². The third kappa shape index (κ3) is 6.49. The molecular formula is C58H39N. The van der Waals surface area contributed by atoms with E-state index in [1.54, 1.807) is 0 Å². The largest absolute Gasteiger partial charge is 0.310 e. The predicted octanol–water partition coefficient (Wildman–Crippen LogP) is 16.4. The Kier molecular flexibility index (Phi) is 8.56. The molecule has 0 saturated carbocycles. The molecule has 0 aliphatic carbocycles. The van der Waals surface area contributed by atoms with E-state index in [-0.39, 0.29) is 0 Å².